The summed E-state index contributed by atoms with van der Waals surface area (Å²) in [5.41, 5.74) is 5.41. The molecule has 236 valence electrons. The molecule has 4 rings (SSSR count). The van der Waals surface area contributed by atoms with Gasteiger partial charge in [0.15, 0.2) is 8.32 Å². The van der Waals surface area contributed by atoms with Crippen LogP contribution < -0.4 is 10.1 Å². The number of hydrogen-bond donors (Lipinski definition) is 3. The summed E-state index contributed by atoms with van der Waals surface area (Å²) in [6.07, 6.45) is 1.60. The summed E-state index contributed by atoms with van der Waals surface area (Å²) in [4.78, 5) is 15.1. The molecule has 0 bridgehead atoms. The highest BCUT2D eigenvalue weighted by Gasteiger charge is 2.39. The Labute approximate surface area is 263 Å². The van der Waals surface area contributed by atoms with E-state index in [1.807, 2.05) is 54.6 Å². The molecular formula is C36H48N2O5Si. The fourth-order valence-corrected chi connectivity index (χ4v) is 6.29. The molecule has 3 aromatic carbocycles. The molecule has 0 aliphatic heterocycles. The highest BCUT2D eigenvalue weighted by Crippen LogP contribution is 2.40. The van der Waals surface area contributed by atoms with Crippen LogP contribution >= 0.6 is 0 Å². The average Bonchev–Trinajstić information content (AvgIpc) is 3.44. The van der Waals surface area contributed by atoms with E-state index in [2.05, 4.69) is 69.3 Å². The van der Waals surface area contributed by atoms with Crippen LogP contribution in [0.4, 0.5) is 0 Å². The van der Waals surface area contributed by atoms with Crippen molar-refractivity contribution in [2.75, 3.05) is 13.7 Å². The normalized spacial score (nSPS) is 13.5. The summed E-state index contributed by atoms with van der Waals surface area (Å²) in [7, 11) is -0.737. The predicted octanol–water partition coefficient (Wildman–Crippen LogP) is 7.70. The molecule has 44 heavy (non-hydrogen) atoms. The van der Waals surface area contributed by atoms with Gasteiger partial charge in [0, 0.05) is 29.1 Å². The first-order valence-corrected chi connectivity index (χ1v) is 18.4. The minimum absolute atomic E-state index is 0.0446. The van der Waals surface area contributed by atoms with Crippen LogP contribution in [0.1, 0.15) is 73.0 Å². The Morgan fingerprint density at radius 3 is 2.41 bits per heavy atom. The zero-order chi connectivity index (χ0) is 31.9. The minimum Gasteiger partial charge on any atom is -0.489 e. The number of carbonyl (C=O) groups excluding carboxylic acids is 1. The highest BCUT2D eigenvalue weighted by atomic mass is 28.4. The molecule has 2 atom stereocenters. The first-order valence-electron chi connectivity index (χ1n) is 15.5. The molecule has 0 aliphatic rings. The lowest BCUT2D eigenvalue weighted by atomic mass is 10.0. The van der Waals surface area contributed by atoms with E-state index in [-0.39, 0.29) is 29.8 Å². The number of methoxy groups -OCH3 is 1. The van der Waals surface area contributed by atoms with Crippen LogP contribution in [0.15, 0.2) is 72.8 Å². The fourth-order valence-electron chi connectivity index (χ4n) is 5.01. The number of rotatable bonds is 14. The van der Waals surface area contributed by atoms with Crippen molar-refractivity contribution in [3.8, 4) is 5.75 Å². The molecule has 4 aromatic rings. The predicted molar refractivity (Wildman–Crippen MR) is 180 cm³/mol. The Morgan fingerprint density at radius 2 is 1.75 bits per heavy atom. The molecule has 0 amide bonds. The molecule has 0 fully saturated rings. The number of ether oxygens (including phenoxy) is 2. The van der Waals surface area contributed by atoms with Crippen LogP contribution in [0, 0.1) is 0 Å². The van der Waals surface area contributed by atoms with Crippen molar-refractivity contribution in [1.82, 2.24) is 10.3 Å². The van der Waals surface area contributed by atoms with Crippen molar-refractivity contribution in [2.24, 2.45) is 0 Å². The Bertz CT molecular complexity index is 1530. The first kappa shape index (κ1) is 33.5. The molecule has 0 saturated carbocycles. The van der Waals surface area contributed by atoms with Gasteiger partial charge in [-0.25, -0.2) is 4.79 Å². The van der Waals surface area contributed by atoms with Crippen LogP contribution in [0.2, 0.25) is 18.1 Å². The molecule has 0 spiro atoms. The summed E-state index contributed by atoms with van der Waals surface area (Å²) in [5, 5.41) is 15.1. The molecule has 0 radical (unpaired) electrons. The van der Waals surface area contributed by atoms with E-state index >= 15 is 0 Å². The van der Waals surface area contributed by atoms with E-state index in [1.165, 1.54) is 12.7 Å². The lowest BCUT2D eigenvalue weighted by Crippen LogP contribution is -2.44. The smallest absolute Gasteiger partial charge is 0.354 e. The third-order valence-corrected chi connectivity index (χ3v) is 13.3. The molecule has 0 unspecified atom stereocenters. The second-order valence-corrected chi connectivity index (χ2v) is 17.7. The van der Waals surface area contributed by atoms with E-state index < -0.39 is 8.32 Å². The molecule has 1 heterocycles. The summed E-state index contributed by atoms with van der Waals surface area (Å²) in [6, 6.07) is 24.4. The maximum atomic E-state index is 12.0. The molecule has 1 aromatic heterocycles. The Hall–Kier alpha value is -3.43. The van der Waals surface area contributed by atoms with Gasteiger partial charge in [0.05, 0.1) is 19.8 Å². The largest absolute Gasteiger partial charge is 0.489 e. The number of aliphatic hydroxyl groups excluding tert-OH is 1. The number of benzene rings is 3. The minimum atomic E-state index is -2.12. The SMILES string of the molecule is CC[C@@H](Cc1ccc2[nH]c(C(=O)OC)cc2c1)NC[C@@H](O[Si](C)(C)C(C)(C)C)c1ccc(OCc2ccccc2)c(CO)c1. The van der Waals surface area contributed by atoms with E-state index in [0.717, 1.165) is 40.4 Å². The Kier molecular flexibility index (Phi) is 11.1. The molecule has 3 N–H and O–H groups in total. The van der Waals surface area contributed by atoms with Gasteiger partial charge in [0.25, 0.3) is 0 Å². The maximum Gasteiger partial charge on any atom is 0.354 e. The quantitative estimate of drug-likeness (QED) is 0.0993. The van der Waals surface area contributed by atoms with Crippen molar-refractivity contribution in [3.63, 3.8) is 0 Å². The van der Waals surface area contributed by atoms with Crippen LogP contribution in [0.3, 0.4) is 0 Å². The van der Waals surface area contributed by atoms with Crippen molar-refractivity contribution < 1.29 is 23.8 Å². The van der Waals surface area contributed by atoms with E-state index in [0.29, 0.717) is 24.6 Å². The number of aliphatic hydroxyl groups is 1. The number of aromatic amines is 1. The lowest BCUT2D eigenvalue weighted by molar-refractivity contribution is 0.0595. The summed E-state index contributed by atoms with van der Waals surface area (Å²) in [6.45, 7) is 14.5. The number of aromatic nitrogens is 1. The molecular weight excluding hydrogens is 568 g/mol. The zero-order valence-corrected chi connectivity index (χ0v) is 28.2. The average molecular weight is 617 g/mol. The number of hydrogen-bond acceptors (Lipinski definition) is 6. The van der Waals surface area contributed by atoms with Gasteiger partial charge >= 0.3 is 5.97 Å². The topological polar surface area (TPSA) is 92.8 Å². The Morgan fingerprint density at radius 1 is 1.00 bits per heavy atom. The van der Waals surface area contributed by atoms with Gasteiger partial charge in [-0.1, -0.05) is 70.2 Å². The third kappa shape index (κ3) is 8.39. The Balaban J connectivity index is 1.52. The third-order valence-electron chi connectivity index (χ3n) is 8.76. The first-order chi connectivity index (χ1) is 20.9. The van der Waals surface area contributed by atoms with Crippen molar-refractivity contribution in [2.45, 2.75) is 84.0 Å². The fraction of sp³-hybridized carbons (Fsp3) is 0.417. The van der Waals surface area contributed by atoms with Crippen LogP contribution in [-0.4, -0.2) is 44.1 Å². The summed E-state index contributed by atoms with van der Waals surface area (Å²) < 4.78 is 18.0. The van der Waals surface area contributed by atoms with Crippen molar-refractivity contribution >= 4 is 25.2 Å². The number of nitrogens with one attached hydrogen (secondary N) is 2. The van der Waals surface area contributed by atoms with Crippen LogP contribution in [0.25, 0.3) is 10.9 Å². The van der Waals surface area contributed by atoms with Crippen molar-refractivity contribution in [3.05, 3.63) is 101 Å². The number of fused-ring (bicyclic) bond motifs is 1. The van der Waals surface area contributed by atoms with Gasteiger partial charge in [-0.3, -0.25) is 0 Å². The summed E-state index contributed by atoms with van der Waals surface area (Å²) in [5.74, 6) is 0.310. The molecule has 8 heteroatoms. The van der Waals surface area contributed by atoms with Crippen molar-refractivity contribution in [1.29, 1.82) is 0 Å². The van der Waals surface area contributed by atoms with E-state index in [9.17, 15) is 9.90 Å². The van der Waals surface area contributed by atoms with E-state index in [1.54, 1.807) is 0 Å². The number of carbonyl (C=O) groups is 1. The van der Waals surface area contributed by atoms with Gasteiger partial charge in [-0.2, -0.15) is 0 Å². The standard InChI is InChI=1S/C36H48N2O5Si/c1-8-30(19-26-14-16-31-28(18-26)21-32(38-31)35(40)41-5)37-22-34(43-44(6,7)36(2,3)4)27-15-17-33(29(20-27)23-39)42-24-25-12-10-9-11-13-25/h9-18,20-21,30,34,37-39H,8,19,22-24H2,1-7H3/t30-,34+/m0/s1. The second kappa shape index (κ2) is 14.6. The second-order valence-electron chi connectivity index (χ2n) is 13.0. The van der Waals surface area contributed by atoms with Crippen LogP contribution in [0.5, 0.6) is 5.75 Å². The molecule has 7 nitrogen and oxygen atoms in total. The highest BCUT2D eigenvalue weighted by molar-refractivity contribution is 6.74. The molecule has 0 saturated heterocycles. The number of esters is 1. The monoisotopic (exact) mass is 616 g/mol. The zero-order valence-electron chi connectivity index (χ0n) is 27.2. The van der Waals surface area contributed by atoms with Gasteiger partial charge in [-0.15, -0.1) is 0 Å². The molecule has 0 aliphatic carbocycles. The van der Waals surface area contributed by atoms with Crippen LogP contribution in [-0.2, 0) is 28.8 Å². The lowest BCUT2D eigenvalue weighted by Gasteiger charge is -2.40. The van der Waals surface area contributed by atoms with Gasteiger partial charge < -0.3 is 29.3 Å². The van der Waals surface area contributed by atoms with Gasteiger partial charge in [0.1, 0.15) is 18.1 Å². The van der Waals surface area contributed by atoms with E-state index in [4.69, 9.17) is 13.9 Å². The number of H-pyrrole nitrogens is 1. The maximum absolute atomic E-state index is 12.0. The summed E-state index contributed by atoms with van der Waals surface area (Å²) >= 11 is 0. The van der Waals surface area contributed by atoms with Gasteiger partial charge in [-0.05, 0) is 78.0 Å². The van der Waals surface area contributed by atoms with Gasteiger partial charge in [0.2, 0.25) is 0 Å².